The van der Waals surface area contributed by atoms with Crippen LogP contribution in [0.15, 0.2) is 47.4 Å². The van der Waals surface area contributed by atoms with Crippen LogP contribution >= 0.6 is 23.3 Å². The smallest absolute Gasteiger partial charge is 0.243 e. The SMILES string of the molecule is CC(C)C(NS(=O)(=O)c1cccc2nsnc12)C(=O)NCc1ccc(Cl)cc1. The van der Waals surface area contributed by atoms with Gasteiger partial charge < -0.3 is 5.32 Å². The average Bonchev–Trinajstić information content (AvgIpc) is 3.14. The molecule has 1 heterocycles. The number of nitrogens with zero attached hydrogens (tertiary/aromatic N) is 2. The molecule has 0 bridgehead atoms. The fourth-order valence-corrected chi connectivity index (χ4v) is 4.86. The highest BCUT2D eigenvalue weighted by molar-refractivity contribution is 7.89. The van der Waals surface area contributed by atoms with Crippen molar-refractivity contribution in [1.29, 1.82) is 0 Å². The van der Waals surface area contributed by atoms with Crippen LogP contribution in [0.5, 0.6) is 0 Å². The van der Waals surface area contributed by atoms with Crippen LogP contribution in [0.2, 0.25) is 5.02 Å². The first kappa shape index (κ1) is 20.7. The highest BCUT2D eigenvalue weighted by Crippen LogP contribution is 2.22. The minimum Gasteiger partial charge on any atom is -0.351 e. The first-order valence-electron chi connectivity index (χ1n) is 8.53. The van der Waals surface area contributed by atoms with Crippen LogP contribution in [-0.4, -0.2) is 29.1 Å². The van der Waals surface area contributed by atoms with Crippen LogP contribution in [0.4, 0.5) is 0 Å². The summed E-state index contributed by atoms with van der Waals surface area (Å²) in [5.41, 5.74) is 1.66. The number of amides is 1. The summed E-state index contributed by atoms with van der Waals surface area (Å²) in [7, 11) is -3.96. The Hall–Kier alpha value is -2.07. The third-order valence-corrected chi connectivity index (χ3v) is 6.42. The third-order valence-electron chi connectivity index (χ3n) is 4.15. The zero-order valence-electron chi connectivity index (χ0n) is 15.2. The van der Waals surface area contributed by atoms with E-state index in [1.807, 2.05) is 0 Å². The molecule has 148 valence electrons. The quantitative estimate of drug-likeness (QED) is 0.590. The summed E-state index contributed by atoms with van der Waals surface area (Å²) < 4.78 is 36.5. The predicted octanol–water partition coefficient (Wildman–Crippen LogP) is 2.96. The second-order valence-electron chi connectivity index (χ2n) is 6.58. The van der Waals surface area contributed by atoms with E-state index < -0.39 is 22.0 Å². The molecule has 0 aliphatic rings. The van der Waals surface area contributed by atoms with Crippen molar-refractivity contribution in [1.82, 2.24) is 18.8 Å². The highest BCUT2D eigenvalue weighted by atomic mass is 35.5. The van der Waals surface area contributed by atoms with Gasteiger partial charge in [-0.3, -0.25) is 4.79 Å². The van der Waals surface area contributed by atoms with E-state index in [4.69, 9.17) is 11.6 Å². The molecule has 1 unspecified atom stereocenters. The summed E-state index contributed by atoms with van der Waals surface area (Å²) >= 11 is 6.80. The van der Waals surface area contributed by atoms with E-state index in [1.165, 1.54) is 6.07 Å². The number of hydrogen-bond acceptors (Lipinski definition) is 6. The van der Waals surface area contributed by atoms with E-state index in [9.17, 15) is 13.2 Å². The fourth-order valence-electron chi connectivity index (χ4n) is 2.62. The Labute approximate surface area is 172 Å². The van der Waals surface area contributed by atoms with Gasteiger partial charge in [0.2, 0.25) is 15.9 Å². The summed E-state index contributed by atoms with van der Waals surface area (Å²) in [5.74, 6) is -0.662. The van der Waals surface area contributed by atoms with Gasteiger partial charge in [0.1, 0.15) is 22.0 Å². The molecule has 3 rings (SSSR count). The van der Waals surface area contributed by atoms with E-state index in [1.54, 1.807) is 50.2 Å². The lowest BCUT2D eigenvalue weighted by Gasteiger charge is -2.21. The largest absolute Gasteiger partial charge is 0.351 e. The Morgan fingerprint density at radius 2 is 1.86 bits per heavy atom. The molecule has 1 amide bonds. The molecule has 0 aliphatic carbocycles. The standard InChI is InChI=1S/C18H19ClN4O3S2/c1-11(2)16(18(24)20-10-12-6-8-13(19)9-7-12)23-28(25,26)15-5-3-4-14-17(15)22-27-21-14/h3-9,11,16,23H,10H2,1-2H3,(H,20,24). The number of nitrogens with one attached hydrogen (secondary N) is 2. The maximum atomic E-state index is 12.9. The van der Waals surface area contributed by atoms with Crippen LogP contribution in [-0.2, 0) is 21.4 Å². The molecule has 1 aromatic heterocycles. The zero-order valence-corrected chi connectivity index (χ0v) is 17.6. The molecule has 0 saturated heterocycles. The molecule has 2 N–H and O–H groups in total. The maximum absolute atomic E-state index is 12.9. The number of aromatic nitrogens is 2. The van der Waals surface area contributed by atoms with E-state index in [2.05, 4.69) is 18.8 Å². The molecule has 0 radical (unpaired) electrons. The molecule has 28 heavy (non-hydrogen) atoms. The van der Waals surface area contributed by atoms with Crippen molar-refractivity contribution >= 4 is 50.3 Å². The molecule has 0 fully saturated rings. The third kappa shape index (κ3) is 4.67. The van der Waals surface area contributed by atoms with Crippen LogP contribution in [0, 0.1) is 5.92 Å². The number of sulfonamides is 1. The molecule has 10 heteroatoms. The van der Waals surface area contributed by atoms with Crippen molar-refractivity contribution in [2.45, 2.75) is 31.3 Å². The van der Waals surface area contributed by atoms with Gasteiger partial charge in [0.05, 0.1) is 11.7 Å². The molecule has 0 saturated carbocycles. The van der Waals surface area contributed by atoms with Crippen molar-refractivity contribution in [2.24, 2.45) is 5.92 Å². The van der Waals surface area contributed by atoms with Crippen molar-refractivity contribution in [3.05, 3.63) is 53.1 Å². The summed E-state index contributed by atoms with van der Waals surface area (Å²) in [6.07, 6.45) is 0. The van der Waals surface area contributed by atoms with Gasteiger partial charge in [-0.05, 0) is 35.7 Å². The van der Waals surface area contributed by atoms with Crippen LogP contribution in [0.1, 0.15) is 19.4 Å². The van der Waals surface area contributed by atoms with Gasteiger partial charge in [-0.2, -0.15) is 13.5 Å². The van der Waals surface area contributed by atoms with Gasteiger partial charge in [0, 0.05) is 11.6 Å². The van der Waals surface area contributed by atoms with E-state index in [-0.39, 0.29) is 17.4 Å². The van der Waals surface area contributed by atoms with Gasteiger partial charge in [-0.15, -0.1) is 0 Å². The fraction of sp³-hybridized carbons (Fsp3) is 0.278. The molecule has 3 aromatic rings. The molecular formula is C18H19ClN4O3S2. The van der Waals surface area contributed by atoms with Gasteiger partial charge in [-0.1, -0.05) is 43.6 Å². The molecule has 2 aromatic carbocycles. The van der Waals surface area contributed by atoms with Gasteiger partial charge >= 0.3 is 0 Å². The molecule has 0 aliphatic heterocycles. The van der Waals surface area contributed by atoms with Crippen molar-refractivity contribution in [3.63, 3.8) is 0 Å². The van der Waals surface area contributed by atoms with Crippen molar-refractivity contribution in [3.8, 4) is 0 Å². The number of fused-ring (bicyclic) bond motifs is 1. The topological polar surface area (TPSA) is 101 Å². The first-order chi connectivity index (χ1) is 13.3. The molecule has 1 atom stereocenters. The minimum atomic E-state index is -3.96. The number of carbonyl (C=O) groups is 1. The summed E-state index contributed by atoms with van der Waals surface area (Å²) in [6, 6.07) is 10.9. The predicted molar refractivity (Wildman–Crippen MR) is 110 cm³/mol. The highest BCUT2D eigenvalue weighted by Gasteiger charge is 2.29. The number of hydrogen-bond donors (Lipinski definition) is 2. The van der Waals surface area contributed by atoms with E-state index in [0.717, 1.165) is 17.3 Å². The maximum Gasteiger partial charge on any atom is 0.243 e. The van der Waals surface area contributed by atoms with Crippen LogP contribution < -0.4 is 10.0 Å². The summed E-state index contributed by atoms with van der Waals surface area (Å²) in [5, 5.41) is 3.38. The number of benzene rings is 2. The summed E-state index contributed by atoms with van der Waals surface area (Å²) in [6.45, 7) is 3.83. The monoisotopic (exact) mass is 438 g/mol. The number of rotatable bonds is 7. The average molecular weight is 439 g/mol. The van der Waals surface area contributed by atoms with Crippen molar-refractivity contribution in [2.75, 3.05) is 0 Å². The zero-order chi connectivity index (χ0) is 20.3. The first-order valence-corrected chi connectivity index (χ1v) is 11.1. The number of carbonyl (C=O) groups excluding carboxylic acids is 1. The van der Waals surface area contributed by atoms with Gasteiger partial charge in [-0.25, -0.2) is 8.42 Å². The van der Waals surface area contributed by atoms with Crippen LogP contribution in [0.25, 0.3) is 11.0 Å². The normalized spacial score (nSPS) is 13.0. The number of halogens is 1. The van der Waals surface area contributed by atoms with Gasteiger partial charge in [0.25, 0.3) is 0 Å². The van der Waals surface area contributed by atoms with Gasteiger partial charge in [0.15, 0.2) is 0 Å². The summed E-state index contributed by atoms with van der Waals surface area (Å²) in [4.78, 5) is 12.7. The Morgan fingerprint density at radius 1 is 1.14 bits per heavy atom. The van der Waals surface area contributed by atoms with E-state index in [0.29, 0.717) is 16.1 Å². The van der Waals surface area contributed by atoms with E-state index >= 15 is 0 Å². The van der Waals surface area contributed by atoms with Crippen molar-refractivity contribution < 1.29 is 13.2 Å². The van der Waals surface area contributed by atoms with Crippen LogP contribution in [0.3, 0.4) is 0 Å². The second kappa shape index (κ2) is 8.52. The Morgan fingerprint density at radius 3 is 2.54 bits per heavy atom. The lowest BCUT2D eigenvalue weighted by Crippen LogP contribution is -2.49. The molecule has 0 spiro atoms. The Bertz CT molecular complexity index is 1080. The Kier molecular flexibility index (Phi) is 6.29. The lowest BCUT2D eigenvalue weighted by molar-refractivity contribution is -0.123. The molecule has 7 nitrogen and oxygen atoms in total. The Balaban J connectivity index is 1.77. The lowest BCUT2D eigenvalue weighted by atomic mass is 10.0. The second-order valence-corrected chi connectivity index (χ2v) is 9.22. The minimum absolute atomic E-state index is 0.00917. The molecular weight excluding hydrogens is 420 g/mol.